The van der Waals surface area contributed by atoms with E-state index in [1.165, 1.54) is 0 Å². The first kappa shape index (κ1) is 12.2. The lowest BCUT2D eigenvalue weighted by atomic mass is 9.67. The van der Waals surface area contributed by atoms with E-state index in [1.807, 2.05) is 0 Å². The quantitative estimate of drug-likeness (QED) is 0.600. The third-order valence-corrected chi connectivity index (χ3v) is 4.12. The molecule has 0 heterocycles. The summed E-state index contributed by atoms with van der Waals surface area (Å²) in [5.74, 6) is 0. The van der Waals surface area contributed by atoms with E-state index < -0.39 is 30.1 Å². The molecule has 0 aromatic heterocycles. The average Bonchev–Trinajstić information content (AvgIpc) is 2.22. The summed E-state index contributed by atoms with van der Waals surface area (Å²) in [5.41, 5.74) is -4.74. The minimum absolute atomic E-state index is 0.0374. The SMILES string of the molecule is FC1CCCC(F)(C2(F)CCCCC2F)C1. The van der Waals surface area contributed by atoms with Crippen LogP contribution in [0.1, 0.15) is 51.4 Å². The molecule has 94 valence electrons. The van der Waals surface area contributed by atoms with Gasteiger partial charge in [0.1, 0.15) is 12.3 Å². The van der Waals surface area contributed by atoms with Gasteiger partial charge >= 0.3 is 0 Å². The monoisotopic (exact) mass is 238 g/mol. The molecule has 0 amide bonds. The van der Waals surface area contributed by atoms with Gasteiger partial charge in [-0.25, -0.2) is 17.6 Å². The van der Waals surface area contributed by atoms with E-state index in [2.05, 4.69) is 0 Å². The van der Waals surface area contributed by atoms with Crippen LogP contribution in [-0.2, 0) is 0 Å². The molecule has 0 bridgehead atoms. The van der Waals surface area contributed by atoms with Gasteiger partial charge in [-0.3, -0.25) is 0 Å². The molecule has 0 N–H and O–H groups in total. The zero-order chi connectivity index (χ0) is 11.8. The summed E-state index contributed by atoms with van der Waals surface area (Å²) in [6.07, 6.45) is -1.93. The fraction of sp³-hybridized carbons (Fsp3) is 1.00. The molecule has 2 saturated carbocycles. The largest absolute Gasteiger partial charge is 0.247 e. The van der Waals surface area contributed by atoms with Gasteiger partial charge in [0.25, 0.3) is 0 Å². The Hall–Kier alpha value is -0.280. The van der Waals surface area contributed by atoms with Gasteiger partial charge in [0.05, 0.1) is 0 Å². The van der Waals surface area contributed by atoms with Gasteiger partial charge in [0.15, 0.2) is 11.3 Å². The van der Waals surface area contributed by atoms with E-state index in [9.17, 15) is 17.6 Å². The summed E-state index contributed by atoms with van der Waals surface area (Å²) < 4.78 is 55.8. The molecule has 0 aromatic carbocycles. The second kappa shape index (κ2) is 4.19. The lowest BCUT2D eigenvalue weighted by molar-refractivity contribution is -0.136. The maximum atomic E-state index is 14.5. The molecule has 2 rings (SSSR count). The number of alkyl halides is 4. The summed E-state index contributed by atoms with van der Waals surface area (Å²) in [5, 5.41) is 0. The van der Waals surface area contributed by atoms with Gasteiger partial charge in [0.2, 0.25) is 0 Å². The third-order valence-electron chi connectivity index (χ3n) is 4.12. The van der Waals surface area contributed by atoms with E-state index in [0.29, 0.717) is 19.3 Å². The minimum atomic E-state index is -2.45. The molecule has 4 atom stereocenters. The Bertz CT molecular complexity index is 257. The van der Waals surface area contributed by atoms with E-state index >= 15 is 0 Å². The lowest BCUT2D eigenvalue weighted by Gasteiger charge is -2.46. The molecule has 4 unspecified atom stereocenters. The molecule has 4 heteroatoms. The molecule has 2 aliphatic rings. The smallest absolute Gasteiger partial charge is 0.175 e. The van der Waals surface area contributed by atoms with Crippen molar-refractivity contribution in [2.45, 2.75) is 75.0 Å². The molecule has 16 heavy (non-hydrogen) atoms. The Morgan fingerprint density at radius 2 is 1.62 bits per heavy atom. The highest BCUT2D eigenvalue weighted by molar-refractivity contribution is 5.09. The van der Waals surface area contributed by atoms with Crippen LogP contribution in [0.2, 0.25) is 0 Å². The van der Waals surface area contributed by atoms with Crippen LogP contribution in [0.5, 0.6) is 0 Å². The topological polar surface area (TPSA) is 0 Å². The van der Waals surface area contributed by atoms with Gasteiger partial charge in [0, 0.05) is 6.42 Å². The standard InChI is InChI=1S/C12H18F4/c13-9-4-3-6-11(15,8-9)12(16)7-2-1-5-10(12)14/h9-10H,1-8H2. The van der Waals surface area contributed by atoms with E-state index in [1.54, 1.807) is 0 Å². The summed E-state index contributed by atoms with van der Waals surface area (Å²) in [6.45, 7) is 0. The zero-order valence-corrected chi connectivity index (χ0v) is 9.32. The number of hydrogen-bond donors (Lipinski definition) is 0. The van der Waals surface area contributed by atoms with Crippen LogP contribution in [0.25, 0.3) is 0 Å². The van der Waals surface area contributed by atoms with Crippen molar-refractivity contribution in [3.05, 3.63) is 0 Å². The summed E-state index contributed by atoms with van der Waals surface area (Å²) >= 11 is 0. The third kappa shape index (κ3) is 1.84. The normalized spacial score (nSPS) is 50.2. The van der Waals surface area contributed by atoms with Crippen LogP contribution in [0.4, 0.5) is 17.6 Å². The van der Waals surface area contributed by atoms with Crippen molar-refractivity contribution in [2.75, 3.05) is 0 Å². The highest BCUT2D eigenvalue weighted by Crippen LogP contribution is 2.51. The van der Waals surface area contributed by atoms with Crippen LogP contribution in [-0.4, -0.2) is 23.7 Å². The van der Waals surface area contributed by atoms with Crippen molar-refractivity contribution >= 4 is 0 Å². The fourth-order valence-corrected chi connectivity index (χ4v) is 3.13. The Morgan fingerprint density at radius 1 is 0.875 bits per heavy atom. The number of rotatable bonds is 1. The Kier molecular flexibility index (Phi) is 3.19. The van der Waals surface area contributed by atoms with Crippen molar-refractivity contribution in [1.82, 2.24) is 0 Å². The summed E-state index contributed by atoms with van der Waals surface area (Å²) in [6, 6.07) is 0. The number of halogens is 4. The van der Waals surface area contributed by atoms with Crippen LogP contribution in [0, 0.1) is 0 Å². The van der Waals surface area contributed by atoms with Crippen molar-refractivity contribution in [3.63, 3.8) is 0 Å². The van der Waals surface area contributed by atoms with Gasteiger partial charge in [-0.15, -0.1) is 0 Å². The van der Waals surface area contributed by atoms with Crippen LogP contribution in [0.3, 0.4) is 0 Å². The average molecular weight is 238 g/mol. The molecule has 0 aromatic rings. The predicted molar refractivity (Wildman–Crippen MR) is 54.4 cm³/mol. The summed E-state index contributed by atoms with van der Waals surface area (Å²) in [4.78, 5) is 0. The van der Waals surface area contributed by atoms with Crippen molar-refractivity contribution in [2.24, 2.45) is 0 Å². The van der Waals surface area contributed by atoms with Gasteiger partial charge < -0.3 is 0 Å². The van der Waals surface area contributed by atoms with E-state index in [4.69, 9.17) is 0 Å². The minimum Gasteiger partial charge on any atom is -0.247 e. The van der Waals surface area contributed by atoms with Gasteiger partial charge in [-0.05, 0) is 38.5 Å². The van der Waals surface area contributed by atoms with Gasteiger partial charge in [-0.2, -0.15) is 0 Å². The maximum absolute atomic E-state index is 14.5. The first-order valence-electron chi connectivity index (χ1n) is 6.14. The highest BCUT2D eigenvalue weighted by atomic mass is 19.2. The lowest BCUT2D eigenvalue weighted by Crippen LogP contribution is -2.57. The van der Waals surface area contributed by atoms with E-state index in [0.717, 1.165) is 0 Å². The molecular formula is C12H18F4. The van der Waals surface area contributed by atoms with Gasteiger partial charge in [-0.1, -0.05) is 6.42 Å². The second-order valence-corrected chi connectivity index (χ2v) is 5.23. The molecule has 0 aliphatic heterocycles. The van der Waals surface area contributed by atoms with Crippen molar-refractivity contribution < 1.29 is 17.6 Å². The Morgan fingerprint density at radius 3 is 2.25 bits per heavy atom. The molecule has 0 spiro atoms. The molecule has 0 radical (unpaired) electrons. The molecule has 0 saturated heterocycles. The maximum Gasteiger partial charge on any atom is 0.175 e. The van der Waals surface area contributed by atoms with Crippen LogP contribution >= 0.6 is 0 Å². The highest BCUT2D eigenvalue weighted by Gasteiger charge is 2.60. The fourth-order valence-electron chi connectivity index (χ4n) is 3.13. The molecule has 2 fully saturated rings. The Labute approximate surface area is 93.4 Å². The molecular weight excluding hydrogens is 220 g/mol. The van der Waals surface area contributed by atoms with Crippen LogP contribution in [0.15, 0.2) is 0 Å². The van der Waals surface area contributed by atoms with Crippen molar-refractivity contribution in [3.8, 4) is 0 Å². The van der Waals surface area contributed by atoms with Crippen molar-refractivity contribution in [1.29, 1.82) is 0 Å². The first-order chi connectivity index (χ1) is 7.48. The number of hydrogen-bond acceptors (Lipinski definition) is 0. The molecule has 0 nitrogen and oxygen atoms in total. The van der Waals surface area contributed by atoms with E-state index in [-0.39, 0.29) is 25.7 Å². The predicted octanol–water partition coefficient (Wildman–Crippen LogP) is 4.23. The first-order valence-corrected chi connectivity index (χ1v) is 6.14. The Balaban J connectivity index is 2.19. The zero-order valence-electron chi connectivity index (χ0n) is 9.32. The van der Waals surface area contributed by atoms with Crippen LogP contribution < -0.4 is 0 Å². The molecule has 2 aliphatic carbocycles. The second-order valence-electron chi connectivity index (χ2n) is 5.23. The summed E-state index contributed by atoms with van der Waals surface area (Å²) in [7, 11) is 0.